The van der Waals surface area contributed by atoms with E-state index in [9.17, 15) is 14.7 Å². The summed E-state index contributed by atoms with van der Waals surface area (Å²) in [6, 6.07) is -0.00323. The average molecular weight is 394 g/mol. The van der Waals surface area contributed by atoms with Gasteiger partial charge in [-0.2, -0.15) is 0 Å². The number of benzene rings is 1. The molecule has 0 spiro atoms. The number of carboxylic acids is 1. The van der Waals surface area contributed by atoms with Crippen LogP contribution in [0.2, 0.25) is 0 Å². The largest absolute Gasteiger partial charge is 0.481 e. The third-order valence-corrected chi connectivity index (χ3v) is 5.76. The first-order valence-electron chi connectivity index (χ1n) is 9.55. The molecule has 3 atom stereocenters. The van der Waals surface area contributed by atoms with E-state index in [4.69, 9.17) is 5.73 Å². The summed E-state index contributed by atoms with van der Waals surface area (Å²) in [4.78, 5) is 27.5. The maximum absolute atomic E-state index is 15.7. The van der Waals surface area contributed by atoms with Gasteiger partial charge in [-0.25, -0.2) is 8.78 Å². The van der Waals surface area contributed by atoms with E-state index in [1.54, 1.807) is 9.80 Å². The Bertz CT molecular complexity index is 848. The Kier molecular flexibility index (Phi) is 4.45. The van der Waals surface area contributed by atoms with E-state index in [-0.39, 0.29) is 41.6 Å². The average Bonchev–Trinajstić information content (AvgIpc) is 3.43. The highest BCUT2D eigenvalue weighted by atomic mass is 19.1. The first-order valence-corrected chi connectivity index (χ1v) is 9.55. The lowest BCUT2D eigenvalue weighted by Gasteiger charge is -2.40. The van der Waals surface area contributed by atoms with Crippen LogP contribution in [-0.4, -0.2) is 54.6 Å². The molecular weight excluding hydrogens is 370 g/mol. The highest BCUT2D eigenvalue weighted by molar-refractivity contribution is 6.16. The van der Waals surface area contributed by atoms with Gasteiger partial charge in [-0.05, 0) is 26.7 Å². The van der Waals surface area contributed by atoms with Crippen molar-refractivity contribution in [2.24, 2.45) is 5.92 Å². The van der Waals surface area contributed by atoms with Crippen LogP contribution in [-0.2, 0) is 4.79 Å². The van der Waals surface area contributed by atoms with Crippen LogP contribution in [0, 0.1) is 17.6 Å². The van der Waals surface area contributed by atoms with Crippen molar-refractivity contribution in [3.8, 4) is 0 Å². The van der Waals surface area contributed by atoms with E-state index >= 15 is 8.78 Å². The zero-order chi connectivity index (χ0) is 20.3. The number of aliphatic carboxylic acids is 1. The summed E-state index contributed by atoms with van der Waals surface area (Å²) in [5, 5.41) is 12.7. The summed E-state index contributed by atoms with van der Waals surface area (Å²) in [5.74, 6) is -5.34. The molecule has 0 radical (unpaired) electrons. The molecule has 0 amide bonds. The number of piperazine rings is 1. The highest BCUT2D eigenvalue weighted by Crippen LogP contribution is 2.46. The normalized spacial score (nSPS) is 27.7. The molecule has 4 N–H and O–H groups in total. The van der Waals surface area contributed by atoms with Gasteiger partial charge in [-0.1, -0.05) is 0 Å². The molecule has 1 aromatic carbocycles. The number of nitrogens with two attached hydrogens (primary N) is 1. The molecule has 2 fully saturated rings. The first kappa shape index (κ1) is 18.9. The summed E-state index contributed by atoms with van der Waals surface area (Å²) < 4.78 is 30.9. The van der Waals surface area contributed by atoms with E-state index in [1.807, 2.05) is 13.8 Å². The van der Waals surface area contributed by atoms with Crippen molar-refractivity contribution in [1.29, 1.82) is 0 Å². The fourth-order valence-electron chi connectivity index (χ4n) is 4.44. The van der Waals surface area contributed by atoms with E-state index in [2.05, 4.69) is 5.32 Å². The fraction of sp³-hybridized carbons (Fsp3) is 0.579. The van der Waals surface area contributed by atoms with Gasteiger partial charge < -0.3 is 26.0 Å². The molecule has 1 unspecified atom stereocenters. The number of nitrogens with zero attached hydrogens (tertiary/aromatic N) is 2. The molecular formula is C19H24F2N4O3. The maximum atomic E-state index is 15.7. The van der Waals surface area contributed by atoms with Gasteiger partial charge in [0.05, 0.1) is 16.9 Å². The van der Waals surface area contributed by atoms with Crippen molar-refractivity contribution < 1.29 is 23.5 Å². The predicted octanol–water partition coefficient (Wildman–Crippen LogP) is 1.60. The molecule has 4 rings (SSSR count). The standard InChI is InChI=1S/C19H24F2N4O3/c1-8-5-24(6-9(2)23-8)17-13(20)15(22)12-16(14(17)21)25(10-3-4-10)7-11(18(12)26)19(27)28/h8-11,23H,3-7,22H2,1-2H3,(H,27,28)/t8-,9+,11?. The van der Waals surface area contributed by atoms with Gasteiger partial charge in [-0.15, -0.1) is 0 Å². The minimum absolute atomic E-state index is 0.0253. The smallest absolute Gasteiger partial charge is 0.316 e. The van der Waals surface area contributed by atoms with Crippen LogP contribution in [0.4, 0.5) is 25.8 Å². The molecule has 3 aliphatic rings. The lowest BCUT2D eigenvalue weighted by Crippen LogP contribution is -2.55. The van der Waals surface area contributed by atoms with Crippen molar-refractivity contribution in [3.05, 3.63) is 17.2 Å². The number of carbonyl (C=O) groups excluding carboxylic acids is 1. The van der Waals surface area contributed by atoms with Crippen molar-refractivity contribution in [2.75, 3.05) is 35.2 Å². The minimum atomic E-state index is -1.38. The van der Waals surface area contributed by atoms with E-state index in [1.165, 1.54) is 0 Å². The second-order valence-electron chi connectivity index (χ2n) is 8.13. The number of fused-ring (bicyclic) bond motifs is 1. The van der Waals surface area contributed by atoms with Crippen LogP contribution < -0.4 is 20.9 Å². The topological polar surface area (TPSA) is 98.9 Å². The number of Topliss-reactive ketones (excluding diaryl/α,β-unsaturated/α-hetero) is 1. The fourth-order valence-corrected chi connectivity index (χ4v) is 4.44. The Balaban J connectivity index is 1.89. The molecule has 28 heavy (non-hydrogen) atoms. The van der Waals surface area contributed by atoms with Crippen LogP contribution in [0.3, 0.4) is 0 Å². The zero-order valence-corrected chi connectivity index (χ0v) is 15.8. The number of rotatable bonds is 3. The Labute approximate surface area is 161 Å². The molecule has 1 saturated carbocycles. The molecule has 152 valence electrons. The van der Waals surface area contributed by atoms with Gasteiger partial charge in [0.25, 0.3) is 0 Å². The number of hydrogen-bond donors (Lipinski definition) is 3. The molecule has 0 aromatic heterocycles. The maximum Gasteiger partial charge on any atom is 0.316 e. The van der Waals surface area contributed by atoms with Gasteiger partial charge in [0.1, 0.15) is 11.6 Å². The quantitative estimate of drug-likeness (QED) is 0.529. The summed E-state index contributed by atoms with van der Waals surface area (Å²) >= 11 is 0. The van der Waals surface area contributed by atoms with Crippen LogP contribution >= 0.6 is 0 Å². The molecule has 2 aliphatic heterocycles. The van der Waals surface area contributed by atoms with Crippen LogP contribution in [0.5, 0.6) is 0 Å². The molecule has 7 nitrogen and oxygen atoms in total. The van der Waals surface area contributed by atoms with Crippen LogP contribution in [0.1, 0.15) is 37.0 Å². The lowest BCUT2D eigenvalue weighted by molar-refractivity contribution is -0.139. The molecule has 1 aromatic rings. The molecule has 2 heterocycles. The van der Waals surface area contributed by atoms with Crippen molar-refractivity contribution in [2.45, 2.75) is 44.8 Å². The Morgan fingerprint density at radius 3 is 2.25 bits per heavy atom. The molecule has 0 bridgehead atoms. The lowest BCUT2D eigenvalue weighted by atomic mass is 9.88. The van der Waals surface area contributed by atoms with Crippen LogP contribution in [0.25, 0.3) is 0 Å². The number of halogens is 2. The number of carbonyl (C=O) groups is 2. The molecule has 9 heteroatoms. The predicted molar refractivity (Wildman–Crippen MR) is 101 cm³/mol. The highest BCUT2D eigenvalue weighted by Gasteiger charge is 2.46. The first-order chi connectivity index (χ1) is 13.2. The SMILES string of the molecule is C[C@@H]1CN(c2c(F)c(N)c3c(c2F)N(C2CC2)CC(C(=O)O)C3=O)C[C@H](C)N1. The second kappa shape index (κ2) is 6.58. The van der Waals surface area contributed by atoms with E-state index < -0.39 is 35.0 Å². The van der Waals surface area contributed by atoms with Gasteiger partial charge in [0.15, 0.2) is 17.4 Å². The van der Waals surface area contributed by atoms with Crippen molar-refractivity contribution in [3.63, 3.8) is 0 Å². The number of anilines is 3. The number of hydrogen-bond acceptors (Lipinski definition) is 6. The Morgan fingerprint density at radius 2 is 1.71 bits per heavy atom. The third kappa shape index (κ3) is 2.88. The number of nitrogen functional groups attached to an aromatic ring is 1. The van der Waals surface area contributed by atoms with E-state index in [0.717, 1.165) is 12.8 Å². The van der Waals surface area contributed by atoms with Gasteiger partial charge >= 0.3 is 5.97 Å². The summed E-state index contributed by atoms with van der Waals surface area (Å²) in [6.45, 7) is 4.52. The summed E-state index contributed by atoms with van der Waals surface area (Å²) in [5.41, 5.74) is 4.89. The van der Waals surface area contributed by atoms with E-state index in [0.29, 0.717) is 13.1 Å². The van der Waals surface area contributed by atoms with Gasteiger partial charge in [-0.3, -0.25) is 9.59 Å². The second-order valence-corrected chi connectivity index (χ2v) is 8.13. The summed E-state index contributed by atoms with van der Waals surface area (Å²) in [7, 11) is 0. The van der Waals surface area contributed by atoms with Crippen molar-refractivity contribution >= 4 is 28.8 Å². The molecule has 1 saturated heterocycles. The third-order valence-electron chi connectivity index (χ3n) is 5.76. The zero-order valence-electron chi connectivity index (χ0n) is 15.8. The minimum Gasteiger partial charge on any atom is -0.481 e. The Morgan fingerprint density at radius 1 is 1.11 bits per heavy atom. The van der Waals surface area contributed by atoms with Gasteiger partial charge in [0, 0.05) is 37.8 Å². The van der Waals surface area contributed by atoms with Gasteiger partial charge in [0.2, 0.25) is 0 Å². The monoisotopic (exact) mass is 394 g/mol. The summed E-state index contributed by atoms with van der Waals surface area (Å²) in [6.07, 6.45) is 1.54. The number of ketones is 1. The van der Waals surface area contributed by atoms with Crippen molar-refractivity contribution in [1.82, 2.24) is 5.32 Å². The Hall–Kier alpha value is -2.42. The number of nitrogens with one attached hydrogen (secondary N) is 1. The number of carboxylic acid groups (broad SMARTS) is 1. The van der Waals surface area contributed by atoms with Crippen LogP contribution in [0.15, 0.2) is 0 Å². The molecule has 1 aliphatic carbocycles.